The average molecular weight is 249 g/mol. The summed E-state index contributed by atoms with van der Waals surface area (Å²) in [5.74, 6) is 1.04. The van der Waals surface area contributed by atoms with E-state index in [1.165, 1.54) is 0 Å². The van der Waals surface area contributed by atoms with Gasteiger partial charge in [-0.2, -0.15) is 5.10 Å². The van der Waals surface area contributed by atoms with Gasteiger partial charge in [0, 0.05) is 31.7 Å². The van der Waals surface area contributed by atoms with Crippen LogP contribution in [0.25, 0.3) is 0 Å². The van der Waals surface area contributed by atoms with Crippen LogP contribution < -0.4 is 0 Å². The van der Waals surface area contributed by atoms with E-state index in [2.05, 4.69) is 12.0 Å². The number of amides is 1. The molecule has 0 aliphatic carbocycles. The third-order valence-electron chi connectivity index (χ3n) is 3.78. The van der Waals surface area contributed by atoms with Crippen molar-refractivity contribution in [1.82, 2.24) is 14.7 Å². The zero-order chi connectivity index (χ0) is 13.1. The molecule has 1 aliphatic heterocycles. The van der Waals surface area contributed by atoms with Crippen molar-refractivity contribution < 1.29 is 4.79 Å². The zero-order valence-corrected chi connectivity index (χ0v) is 11.6. The maximum absolute atomic E-state index is 12.1. The van der Waals surface area contributed by atoms with Crippen LogP contribution in [0, 0.1) is 19.8 Å². The van der Waals surface area contributed by atoms with Gasteiger partial charge in [0.15, 0.2) is 0 Å². The number of aryl methyl sites for hydroxylation is 3. The molecule has 1 amide bonds. The van der Waals surface area contributed by atoms with E-state index in [4.69, 9.17) is 0 Å². The Balaban J connectivity index is 1.83. The van der Waals surface area contributed by atoms with Crippen molar-refractivity contribution in [2.45, 2.75) is 46.6 Å². The molecule has 0 saturated carbocycles. The molecule has 0 N–H and O–H groups in total. The molecule has 0 aromatic carbocycles. The van der Waals surface area contributed by atoms with Gasteiger partial charge >= 0.3 is 0 Å². The van der Waals surface area contributed by atoms with Crippen LogP contribution in [0.5, 0.6) is 0 Å². The molecule has 0 spiro atoms. The van der Waals surface area contributed by atoms with E-state index in [0.717, 1.165) is 43.2 Å². The largest absolute Gasteiger partial charge is 0.343 e. The van der Waals surface area contributed by atoms with Crippen molar-refractivity contribution in [3.8, 4) is 0 Å². The van der Waals surface area contributed by atoms with Gasteiger partial charge in [-0.25, -0.2) is 0 Å². The quantitative estimate of drug-likeness (QED) is 0.823. The standard InChI is InChI=1S/C14H23N3O/c1-11-4-7-16(8-5-11)14(18)6-9-17-13(3)10-12(2)15-17/h10-11H,4-9H2,1-3H3. The summed E-state index contributed by atoms with van der Waals surface area (Å²) in [5, 5.41) is 4.39. The van der Waals surface area contributed by atoms with Crippen LogP contribution >= 0.6 is 0 Å². The summed E-state index contributed by atoms with van der Waals surface area (Å²) < 4.78 is 1.93. The third-order valence-corrected chi connectivity index (χ3v) is 3.78. The maximum atomic E-state index is 12.1. The lowest BCUT2D eigenvalue weighted by molar-refractivity contribution is -0.132. The average Bonchev–Trinajstić information content (AvgIpc) is 2.66. The van der Waals surface area contributed by atoms with Gasteiger partial charge in [0.05, 0.1) is 5.69 Å². The minimum absolute atomic E-state index is 0.273. The second-order valence-electron chi connectivity index (χ2n) is 5.46. The first-order chi connectivity index (χ1) is 8.56. The van der Waals surface area contributed by atoms with Gasteiger partial charge in [0.25, 0.3) is 0 Å². The van der Waals surface area contributed by atoms with Crippen LogP contribution in [0.3, 0.4) is 0 Å². The van der Waals surface area contributed by atoms with Crippen LogP contribution in [-0.2, 0) is 11.3 Å². The number of carbonyl (C=O) groups excluding carboxylic acids is 1. The smallest absolute Gasteiger partial charge is 0.224 e. The van der Waals surface area contributed by atoms with Crippen LogP contribution in [0.1, 0.15) is 37.6 Å². The topological polar surface area (TPSA) is 38.1 Å². The van der Waals surface area contributed by atoms with Gasteiger partial charge < -0.3 is 4.90 Å². The Labute approximate surface area is 109 Å². The molecule has 1 aromatic rings. The van der Waals surface area contributed by atoms with Gasteiger partial charge in [-0.3, -0.25) is 9.48 Å². The Morgan fingerprint density at radius 2 is 2.06 bits per heavy atom. The molecule has 4 heteroatoms. The van der Waals surface area contributed by atoms with Crippen molar-refractivity contribution in [1.29, 1.82) is 0 Å². The lowest BCUT2D eigenvalue weighted by atomic mass is 9.99. The van der Waals surface area contributed by atoms with Gasteiger partial charge in [-0.05, 0) is 38.7 Å². The van der Waals surface area contributed by atoms with E-state index in [1.807, 2.05) is 29.5 Å². The molecule has 0 atom stereocenters. The molecule has 1 fully saturated rings. The zero-order valence-electron chi connectivity index (χ0n) is 11.6. The fourth-order valence-corrected chi connectivity index (χ4v) is 2.52. The first-order valence-electron chi connectivity index (χ1n) is 6.85. The van der Waals surface area contributed by atoms with Crippen molar-refractivity contribution in [3.63, 3.8) is 0 Å². The SMILES string of the molecule is Cc1cc(C)n(CCC(=O)N2CCC(C)CC2)n1. The summed E-state index contributed by atoms with van der Waals surface area (Å²) in [6.07, 6.45) is 2.85. The molecule has 0 bridgehead atoms. The van der Waals surface area contributed by atoms with E-state index >= 15 is 0 Å². The summed E-state index contributed by atoms with van der Waals surface area (Å²) in [5.41, 5.74) is 2.15. The fraction of sp³-hybridized carbons (Fsp3) is 0.714. The first-order valence-corrected chi connectivity index (χ1v) is 6.85. The Bertz CT molecular complexity index is 417. The molecular weight excluding hydrogens is 226 g/mol. The Morgan fingerprint density at radius 3 is 2.61 bits per heavy atom. The minimum Gasteiger partial charge on any atom is -0.343 e. The maximum Gasteiger partial charge on any atom is 0.224 e. The number of rotatable bonds is 3. The predicted octanol–water partition coefficient (Wildman–Crippen LogP) is 2.15. The number of aromatic nitrogens is 2. The van der Waals surface area contributed by atoms with Gasteiger partial charge in [-0.1, -0.05) is 6.92 Å². The molecular formula is C14H23N3O. The molecule has 4 nitrogen and oxygen atoms in total. The third kappa shape index (κ3) is 3.12. The highest BCUT2D eigenvalue weighted by atomic mass is 16.2. The highest BCUT2D eigenvalue weighted by molar-refractivity contribution is 5.76. The molecule has 18 heavy (non-hydrogen) atoms. The molecule has 2 rings (SSSR count). The summed E-state index contributed by atoms with van der Waals surface area (Å²) >= 11 is 0. The van der Waals surface area contributed by atoms with Gasteiger partial charge in [0.1, 0.15) is 0 Å². The first kappa shape index (κ1) is 13.1. The molecule has 1 aliphatic rings. The summed E-state index contributed by atoms with van der Waals surface area (Å²) in [7, 11) is 0. The van der Waals surface area contributed by atoms with E-state index in [-0.39, 0.29) is 5.91 Å². The summed E-state index contributed by atoms with van der Waals surface area (Å²) in [6, 6.07) is 2.05. The van der Waals surface area contributed by atoms with Crippen molar-refractivity contribution in [2.24, 2.45) is 5.92 Å². The van der Waals surface area contributed by atoms with Crippen LogP contribution in [0.2, 0.25) is 0 Å². The predicted molar refractivity (Wildman–Crippen MR) is 71.3 cm³/mol. The Morgan fingerprint density at radius 1 is 1.39 bits per heavy atom. The molecule has 1 saturated heterocycles. The van der Waals surface area contributed by atoms with E-state index < -0.39 is 0 Å². The van der Waals surface area contributed by atoms with Gasteiger partial charge in [0.2, 0.25) is 5.91 Å². The minimum atomic E-state index is 0.273. The lowest BCUT2D eigenvalue weighted by Gasteiger charge is -2.30. The number of hydrogen-bond acceptors (Lipinski definition) is 2. The molecule has 0 unspecified atom stereocenters. The van der Waals surface area contributed by atoms with Crippen LogP contribution in [0.4, 0.5) is 0 Å². The van der Waals surface area contributed by atoms with Gasteiger partial charge in [-0.15, -0.1) is 0 Å². The van der Waals surface area contributed by atoms with Crippen molar-refractivity contribution in [2.75, 3.05) is 13.1 Å². The Hall–Kier alpha value is -1.32. The number of carbonyl (C=O) groups is 1. The summed E-state index contributed by atoms with van der Waals surface area (Å²) in [6.45, 7) is 8.83. The van der Waals surface area contributed by atoms with E-state index in [1.54, 1.807) is 0 Å². The number of hydrogen-bond donors (Lipinski definition) is 0. The molecule has 2 heterocycles. The fourth-order valence-electron chi connectivity index (χ4n) is 2.52. The molecule has 0 radical (unpaired) electrons. The van der Waals surface area contributed by atoms with Crippen molar-refractivity contribution in [3.05, 3.63) is 17.5 Å². The second kappa shape index (κ2) is 5.55. The lowest BCUT2D eigenvalue weighted by Crippen LogP contribution is -2.38. The monoisotopic (exact) mass is 249 g/mol. The summed E-state index contributed by atoms with van der Waals surface area (Å²) in [4.78, 5) is 14.1. The van der Waals surface area contributed by atoms with Crippen molar-refractivity contribution >= 4 is 5.91 Å². The van der Waals surface area contributed by atoms with Crippen LogP contribution in [-0.4, -0.2) is 33.7 Å². The molecule has 100 valence electrons. The highest BCUT2D eigenvalue weighted by Gasteiger charge is 2.20. The number of nitrogens with zero attached hydrogens (tertiary/aromatic N) is 3. The van der Waals surface area contributed by atoms with E-state index in [9.17, 15) is 4.79 Å². The Kier molecular flexibility index (Phi) is 4.04. The highest BCUT2D eigenvalue weighted by Crippen LogP contribution is 2.16. The molecule has 1 aromatic heterocycles. The number of piperidine rings is 1. The van der Waals surface area contributed by atoms with Crippen LogP contribution in [0.15, 0.2) is 6.07 Å². The second-order valence-corrected chi connectivity index (χ2v) is 5.46. The normalized spacial score (nSPS) is 17.2. The van der Waals surface area contributed by atoms with E-state index in [0.29, 0.717) is 13.0 Å². The number of likely N-dealkylation sites (tertiary alicyclic amines) is 1.